The number of carboxylic acid groups (broad SMARTS) is 1. The third-order valence-electron chi connectivity index (χ3n) is 2.66. The van der Waals surface area contributed by atoms with Gasteiger partial charge in [0, 0.05) is 17.2 Å². The lowest BCUT2D eigenvalue weighted by Crippen LogP contribution is -2.38. The number of carbonyl (C=O) groups is 3. The first kappa shape index (κ1) is 15.7. The number of aliphatic carboxylic acids is 1. The number of nitrogens with one attached hydrogen (secondary N) is 2. The lowest BCUT2D eigenvalue weighted by Gasteiger charge is -2.10. The predicted octanol–water partition coefficient (Wildman–Crippen LogP) is 1.48. The normalized spacial score (nSPS) is 11.8. The third kappa shape index (κ3) is 4.38. The Morgan fingerprint density at radius 3 is 2.05 bits per heavy atom. The zero-order chi connectivity index (χ0) is 15.3. The number of carbonyl (C=O) groups excluding carboxylic acids is 2. The van der Waals surface area contributed by atoms with Crippen molar-refractivity contribution in [3.05, 3.63) is 29.8 Å². The molecule has 0 saturated carbocycles. The van der Waals surface area contributed by atoms with Gasteiger partial charge in [0.25, 0.3) is 5.91 Å². The average Bonchev–Trinajstić information content (AvgIpc) is 2.39. The molecule has 1 rings (SSSR count). The molecule has 1 aromatic carbocycles. The van der Waals surface area contributed by atoms with Gasteiger partial charge in [-0.3, -0.25) is 14.4 Å². The van der Waals surface area contributed by atoms with E-state index in [2.05, 4.69) is 10.6 Å². The first-order chi connectivity index (χ1) is 9.31. The summed E-state index contributed by atoms with van der Waals surface area (Å²) < 4.78 is 0. The van der Waals surface area contributed by atoms with Crippen LogP contribution < -0.4 is 10.6 Å². The molecule has 1 atom stereocenters. The Kier molecular flexibility index (Phi) is 5.25. The van der Waals surface area contributed by atoms with Crippen molar-refractivity contribution in [3.8, 4) is 0 Å². The van der Waals surface area contributed by atoms with E-state index in [-0.39, 0.29) is 11.8 Å². The van der Waals surface area contributed by atoms with E-state index >= 15 is 0 Å². The van der Waals surface area contributed by atoms with Gasteiger partial charge in [-0.2, -0.15) is 0 Å². The molecule has 0 aliphatic carbocycles. The summed E-state index contributed by atoms with van der Waals surface area (Å²) in [6.45, 7) is 4.95. The van der Waals surface area contributed by atoms with Crippen molar-refractivity contribution >= 4 is 23.5 Å². The molecular formula is C14H18N2O4. The molecule has 0 aliphatic heterocycles. The number of rotatable bonds is 5. The lowest BCUT2D eigenvalue weighted by atomic mass is 10.1. The molecule has 108 valence electrons. The van der Waals surface area contributed by atoms with Crippen molar-refractivity contribution in [1.29, 1.82) is 0 Å². The van der Waals surface area contributed by atoms with Gasteiger partial charge in [0.2, 0.25) is 5.91 Å². The summed E-state index contributed by atoms with van der Waals surface area (Å²) in [5.41, 5.74) is 0.923. The highest BCUT2D eigenvalue weighted by atomic mass is 16.4. The molecule has 1 aromatic rings. The second-order valence-corrected chi connectivity index (χ2v) is 4.75. The molecule has 0 aliphatic rings. The molecule has 3 N–H and O–H groups in total. The van der Waals surface area contributed by atoms with Crippen LogP contribution in [0.2, 0.25) is 0 Å². The van der Waals surface area contributed by atoms with Crippen LogP contribution in [-0.4, -0.2) is 28.9 Å². The Balaban J connectivity index is 2.69. The van der Waals surface area contributed by atoms with Crippen molar-refractivity contribution in [1.82, 2.24) is 5.32 Å². The molecule has 0 fully saturated rings. The summed E-state index contributed by atoms with van der Waals surface area (Å²) in [4.78, 5) is 33.9. The fraction of sp³-hybridized carbons (Fsp3) is 0.357. The maximum Gasteiger partial charge on any atom is 0.325 e. The van der Waals surface area contributed by atoms with E-state index in [0.717, 1.165) is 0 Å². The van der Waals surface area contributed by atoms with Crippen molar-refractivity contribution < 1.29 is 19.5 Å². The van der Waals surface area contributed by atoms with Crippen LogP contribution in [0.3, 0.4) is 0 Å². The van der Waals surface area contributed by atoms with Gasteiger partial charge in [-0.1, -0.05) is 13.8 Å². The van der Waals surface area contributed by atoms with Crippen molar-refractivity contribution in [2.24, 2.45) is 5.92 Å². The van der Waals surface area contributed by atoms with Crippen LogP contribution in [-0.2, 0) is 9.59 Å². The quantitative estimate of drug-likeness (QED) is 0.760. The predicted molar refractivity (Wildman–Crippen MR) is 74.5 cm³/mol. The Labute approximate surface area is 117 Å². The van der Waals surface area contributed by atoms with E-state index in [1.165, 1.54) is 19.1 Å². The van der Waals surface area contributed by atoms with Crippen LogP contribution in [0, 0.1) is 5.92 Å². The minimum Gasteiger partial charge on any atom is -0.480 e. The molecule has 0 aromatic heterocycles. The Hall–Kier alpha value is -2.37. The first-order valence-electron chi connectivity index (χ1n) is 6.26. The maximum absolute atomic E-state index is 11.7. The van der Waals surface area contributed by atoms with Gasteiger partial charge >= 0.3 is 5.97 Å². The zero-order valence-corrected chi connectivity index (χ0v) is 11.6. The molecule has 1 unspecified atom stereocenters. The fourth-order valence-electron chi connectivity index (χ4n) is 1.33. The van der Waals surface area contributed by atoms with Gasteiger partial charge in [0.1, 0.15) is 6.04 Å². The van der Waals surface area contributed by atoms with Gasteiger partial charge in [-0.05, 0) is 31.2 Å². The van der Waals surface area contributed by atoms with E-state index in [1.807, 2.05) is 0 Å². The molecule has 2 amide bonds. The molecule has 6 heteroatoms. The Morgan fingerprint density at radius 2 is 1.60 bits per heavy atom. The maximum atomic E-state index is 11.7. The molecule has 20 heavy (non-hydrogen) atoms. The van der Waals surface area contributed by atoms with Gasteiger partial charge in [-0.15, -0.1) is 0 Å². The highest BCUT2D eigenvalue weighted by Gasteiger charge is 2.15. The van der Waals surface area contributed by atoms with Crippen LogP contribution in [0.5, 0.6) is 0 Å². The number of hydrogen-bond donors (Lipinski definition) is 3. The molecule has 0 bridgehead atoms. The molecule has 0 heterocycles. The summed E-state index contributed by atoms with van der Waals surface area (Å²) in [7, 11) is 0. The molecule has 0 radical (unpaired) electrons. The van der Waals surface area contributed by atoms with Crippen molar-refractivity contribution in [2.75, 3.05) is 5.32 Å². The summed E-state index contributed by atoms with van der Waals surface area (Å²) >= 11 is 0. The van der Waals surface area contributed by atoms with Crippen LogP contribution in [0.1, 0.15) is 31.1 Å². The third-order valence-corrected chi connectivity index (χ3v) is 2.66. The second-order valence-electron chi connectivity index (χ2n) is 4.75. The van der Waals surface area contributed by atoms with E-state index < -0.39 is 17.9 Å². The van der Waals surface area contributed by atoms with Crippen molar-refractivity contribution in [2.45, 2.75) is 26.8 Å². The number of hydrogen-bond acceptors (Lipinski definition) is 3. The number of amides is 2. The number of carboxylic acids is 1. The number of anilines is 1. The summed E-state index contributed by atoms with van der Waals surface area (Å²) in [5.74, 6) is -1.81. The van der Waals surface area contributed by atoms with Gasteiger partial charge in [0.15, 0.2) is 0 Å². The standard InChI is InChI=1S/C14H18N2O4/c1-8(2)12(17)16-11-6-4-10(5-7-11)13(18)15-9(3)14(19)20/h4-9H,1-3H3,(H,15,18)(H,16,17)(H,19,20). The lowest BCUT2D eigenvalue weighted by molar-refractivity contribution is -0.138. The topological polar surface area (TPSA) is 95.5 Å². The highest BCUT2D eigenvalue weighted by Crippen LogP contribution is 2.11. The Morgan fingerprint density at radius 1 is 1.05 bits per heavy atom. The van der Waals surface area contributed by atoms with Gasteiger partial charge in [-0.25, -0.2) is 0 Å². The molecular weight excluding hydrogens is 260 g/mol. The second kappa shape index (κ2) is 6.70. The number of benzene rings is 1. The monoisotopic (exact) mass is 278 g/mol. The molecule has 0 saturated heterocycles. The van der Waals surface area contributed by atoms with Crippen molar-refractivity contribution in [3.63, 3.8) is 0 Å². The zero-order valence-electron chi connectivity index (χ0n) is 11.6. The average molecular weight is 278 g/mol. The van der Waals surface area contributed by atoms with E-state index in [0.29, 0.717) is 11.3 Å². The fourth-order valence-corrected chi connectivity index (χ4v) is 1.33. The highest BCUT2D eigenvalue weighted by molar-refractivity contribution is 5.97. The van der Waals surface area contributed by atoms with Gasteiger partial charge in [0.05, 0.1) is 0 Å². The van der Waals surface area contributed by atoms with Gasteiger partial charge < -0.3 is 15.7 Å². The summed E-state index contributed by atoms with van der Waals surface area (Å²) in [6, 6.07) is 5.30. The van der Waals surface area contributed by atoms with E-state index in [4.69, 9.17) is 5.11 Å². The first-order valence-corrected chi connectivity index (χ1v) is 6.26. The molecule has 0 spiro atoms. The smallest absolute Gasteiger partial charge is 0.325 e. The minimum absolute atomic E-state index is 0.110. The van der Waals surface area contributed by atoms with Crippen LogP contribution in [0.4, 0.5) is 5.69 Å². The summed E-state index contributed by atoms with van der Waals surface area (Å²) in [6.07, 6.45) is 0. The minimum atomic E-state index is -1.10. The van der Waals surface area contributed by atoms with E-state index in [1.54, 1.807) is 26.0 Å². The molecule has 6 nitrogen and oxygen atoms in total. The summed E-state index contributed by atoms with van der Waals surface area (Å²) in [5, 5.41) is 13.8. The van der Waals surface area contributed by atoms with E-state index in [9.17, 15) is 14.4 Å². The Bertz CT molecular complexity index is 508. The largest absolute Gasteiger partial charge is 0.480 e. The SMILES string of the molecule is CC(C)C(=O)Nc1ccc(C(=O)NC(C)C(=O)O)cc1. The van der Waals surface area contributed by atoms with Crippen LogP contribution in [0.25, 0.3) is 0 Å². The van der Waals surface area contributed by atoms with Crippen LogP contribution >= 0.6 is 0 Å². The van der Waals surface area contributed by atoms with Crippen LogP contribution in [0.15, 0.2) is 24.3 Å².